The van der Waals surface area contributed by atoms with Crippen LogP contribution in [0, 0.1) is 11.8 Å². The molecule has 35 heavy (non-hydrogen) atoms. The van der Waals surface area contributed by atoms with Crippen LogP contribution < -0.4 is 10.9 Å². The molecule has 6 heteroatoms. The smallest absolute Gasteiger partial charge is 0.275 e. The molecule has 1 aromatic carbocycles. The monoisotopic (exact) mass is 476 g/mol. The van der Waals surface area contributed by atoms with Crippen molar-refractivity contribution in [2.24, 2.45) is 18.9 Å². The molecule has 0 bridgehead atoms. The van der Waals surface area contributed by atoms with Crippen LogP contribution in [0.1, 0.15) is 75.2 Å². The molecular weight excluding hydrogens is 436 g/mol. The number of aromatic nitrogens is 2. The topological polar surface area (TPSA) is 59.3 Å². The van der Waals surface area contributed by atoms with Crippen LogP contribution in [0.15, 0.2) is 35.3 Å². The molecule has 2 aromatic heterocycles. The lowest BCUT2D eigenvalue weighted by Crippen LogP contribution is -2.40. The van der Waals surface area contributed by atoms with Gasteiger partial charge in [0.2, 0.25) is 0 Å². The molecule has 1 saturated carbocycles. The highest BCUT2D eigenvalue weighted by Crippen LogP contribution is 2.32. The first-order valence-electron chi connectivity index (χ1n) is 13.6. The summed E-state index contributed by atoms with van der Waals surface area (Å²) >= 11 is 0. The molecular formula is C29H40N4O2. The maximum atomic E-state index is 13.7. The molecule has 1 amide bonds. The van der Waals surface area contributed by atoms with E-state index in [9.17, 15) is 9.59 Å². The third-order valence-corrected chi connectivity index (χ3v) is 8.18. The second-order valence-corrected chi connectivity index (χ2v) is 11.2. The summed E-state index contributed by atoms with van der Waals surface area (Å²) in [5.74, 6) is 1.42. The van der Waals surface area contributed by atoms with Crippen molar-refractivity contribution >= 4 is 27.7 Å². The summed E-state index contributed by atoms with van der Waals surface area (Å²) in [5.41, 5.74) is 2.28. The minimum atomic E-state index is -0.0729. The zero-order chi connectivity index (χ0) is 24.5. The molecule has 2 atom stereocenters. The van der Waals surface area contributed by atoms with E-state index in [-0.39, 0.29) is 17.5 Å². The highest BCUT2D eigenvalue weighted by Gasteiger charge is 2.25. The number of para-hydroxylation sites is 1. The van der Waals surface area contributed by atoms with Crippen LogP contribution in [0.4, 0.5) is 0 Å². The number of hydrogen-bond donors (Lipinski definition) is 1. The van der Waals surface area contributed by atoms with Crippen molar-refractivity contribution in [1.29, 1.82) is 0 Å². The second-order valence-electron chi connectivity index (χ2n) is 11.2. The minimum Gasteiger partial charge on any atom is -0.352 e. The number of piperidine rings is 1. The molecule has 0 radical (unpaired) electrons. The molecule has 0 unspecified atom stereocenters. The van der Waals surface area contributed by atoms with Gasteiger partial charge in [-0.05, 0) is 50.1 Å². The van der Waals surface area contributed by atoms with E-state index in [1.807, 2.05) is 46.6 Å². The number of carbonyl (C=O) groups is 1. The number of pyridine rings is 1. The van der Waals surface area contributed by atoms with Crippen molar-refractivity contribution < 1.29 is 4.79 Å². The molecule has 5 rings (SSSR count). The Morgan fingerprint density at radius 1 is 1.06 bits per heavy atom. The fourth-order valence-electron chi connectivity index (χ4n) is 6.68. The standard InChI is InChI=1S/C29H40N4O2/c1-20-16-21(2)18-32(17-20)15-9-14-30-28(34)24-19-33(22-10-5-4-6-11-22)29(35)27-26(24)23-12-7-8-13-25(23)31(27)3/h7-8,12-13,19-22H,4-6,9-11,14-18H2,1-3H3,(H,30,34)/t20-,21-/m0/s1. The van der Waals surface area contributed by atoms with Gasteiger partial charge < -0.3 is 19.4 Å². The van der Waals surface area contributed by atoms with Crippen molar-refractivity contribution in [3.05, 3.63) is 46.4 Å². The molecule has 6 nitrogen and oxygen atoms in total. The minimum absolute atomic E-state index is 0.0236. The first-order chi connectivity index (χ1) is 16.9. The number of hydrogen-bond acceptors (Lipinski definition) is 3. The maximum Gasteiger partial charge on any atom is 0.275 e. The molecule has 1 N–H and O–H groups in total. The summed E-state index contributed by atoms with van der Waals surface area (Å²) in [6, 6.07) is 8.20. The van der Waals surface area contributed by atoms with Gasteiger partial charge in [-0.25, -0.2) is 0 Å². The van der Waals surface area contributed by atoms with Crippen molar-refractivity contribution in [2.75, 3.05) is 26.2 Å². The van der Waals surface area contributed by atoms with Crippen LogP contribution in [0.25, 0.3) is 21.8 Å². The van der Waals surface area contributed by atoms with Crippen LogP contribution in [0.2, 0.25) is 0 Å². The summed E-state index contributed by atoms with van der Waals surface area (Å²) in [6.07, 6.45) is 9.61. The molecule has 1 aliphatic heterocycles. The predicted molar refractivity (Wildman–Crippen MR) is 143 cm³/mol. The number of carbonyl (C=O) groups excluding carboxylic acids is 1. The fourth-order valence-corrected chi connectivity index (χ4v) is 6.68. The highest BCUT2D eigenvalue weighted by molar-refractivity contribution is 6.17. The summed E-state index contributed by atoms with van der Waals surface area (Å²) < 4.78 is 3.84. The zero-order valence-corrected chi connectivity index (χ0v) is 21.6. The Bertz CT molecular complexity index is 1260. The normalized spacial score (nSPS) is 22.1. The first-order valence-corrected chi connectivity index (χ1v) is 13.6. The summed E-state index contributed by atoms with van der Waals surface area (Å²) in [4.78, 5) is 29.8. The quantitative estimate of drug-likeness (QED) is 0.504. The number of rotatable bonds is 6. The number of aryl methyl sites for hydroxylation is 1. The fraction of sp³-hybridized carbons (Fsp3) is 0.586. The lowest BCUT2D eigenvalue weighted by molar-refractivity contribution is 0.0948. The van der Waals surface area contributed by atoms with Crippen LogP contribution >= 0.6 is 0 Å². The van der Waals surface area contributed by atoms with E-state index >= 15 is 0 Å². The van der Waals surface area contributed by atoms with Gasteiger partial charge in [0, 0.05) is 55.2 Å². The number of amides is 1. The Labute approximate surface area is 208 Å². The second kappa shape index (κ2) is 10.2. The lowest BCUT2D eigenvalue weighted by atomic mass is 9.92. The van der Waals surface area contributed by atoms with Gasteiger partial charge in [0.25, 0.3) is 11.5 Å². The van der Waals surface area contributed by atoms with Crippen LogP contribution in [-0.2, 0) is 7.05 Å². The van der Waals surface area contributed by atoms with Gasteiger partial charge in [0.15, 0.2) is 0 Å². The number of likely N-dealkylation sites (tertiary alicyclic amines) is 1. The van der Waals surface area contributed by atoms with Gasteiger partial charge in [-0.3, -0.25) is 9.59 Å². The predicted octanol–water partition coefficient (Wildman–Crippen LogP) is 5.10. The molecule has 2 fully saturated rings. The Hall–Kier alpha value is -2.60. The SMILES string of the molecule is C[C@H]1C[C@H](C)CN(CCCNC(=O)c2cn(C3CCCCC3)c(=O)c3c2c2ccccc2n3C)C1. The van der Waals surface area contributed by atoms with Gasteiger partial charge in [-0.15, -0.1) is 0 Å². The van der Waals surface area contributed by atoms with Crippen LogP contribution in [0.3, 0.4) is 0 Å². The van der Waals surface area contributed by atoms with Crippen LogP contribution in [0.5, 0.6) is 0 Å². The molecule has 0 spiro atoms. The first kappa shape index (κ1) is 24.1. The van der Waals surface area contributed by atoms with Crippen molar-refractivity contribution in [3.63, 3.8) is 0 Å². The third kappa shape index (κ3) is 4.77. The van der Waals surface area contributed by atoms with E-state index < -0.39 is 0 Å². The average Bonchev–Trinajstić information content (AvgIpc) is 3.15. The van der Waals surface area contributed by atoms with E-state index in [1.54, 1.807) is 0 Å². The van der Waals surface area contributed by atoms with E-state index in [1.165, 1.54) is 12.8 Å². The van der Waals surface area contributed by atoms with Gasteiger partial charge in [-0.1, -0.05) is 51.3 Å². The molecule has 1 saturated heterocycles. The van der Waals surface area contributed by atoms with Crippen LogP contribution in [-0.4, -0.2) is 46.1 Å². The Morgan fingerprint density at radius 3 is 2.51 bits per heavy atom. The molecule has 188 valence electrons. The third-order valence-electron chi connectivity index (χ3n) is 8.18. The van der Waals surface area contributed by atoms with Gasteiger partial charge in [-0.2, -0.15) is 0 Å². The van der Waals surface area contributed by atoms with Crippen molar-refractivity contribution in [3.8, 4) is 0 Å². The maximum absolute atomic E-state index is 13.7. The van der Waals surface area contributed by atoms with Gasteiger partial charge in [0.1, 0.15) is 5.52 Å². The number of fused-ring (bicyclic) bond motifs is 3. The number of benzene rings is 1. The largest absolute Gasteiger partial charge is 0.352 e. The van der Waals surface area contributed by atoms with Gasteiger partial charge in [0.05, 0.1) is 5.56 Å². The molecule has 3 heterocycles. The Balaban J connectivity index is 1.43. The number of nitrogens with one attached hydrogen (secondary N) is 1. The summed E-state index contributed by atoms with van der Waals surface area (Å²) in [6.45, 7) is 8.64. The van der Waals surface area contributed by atoms with Crippen molar-refractivity contribution in [2.45, 2.75) is 64.8 Å². The average molecular weight is 477 g/mol. The van der Waals surface area contributed by atoms with E-state index in [2.05, 4.69) is 24.1 Å². The summed E-state index contributed by atoms with van der Waals surface area (Å²) in [7, 11) is 1.94. The highest BCUT2D eigenvalue weighted by atomic mass is 16.2. The number of nitrogens with zero attached hydrogens (tertiary/aromatic N) is 3. The van der Waals surface area contributed by atoms with Crippen molar-refractivity contribution in [1.82, 2.24) is 19.4 Å². The molecule has 2 aliphatic rings. The van der Waals surface area contributed by atoms with Gasteiger partial charge >= 0.3 is 0 Å². The van der Waals surface area contributed by atoms with E-state index in [0.717, 1.165) is 79.9 Å². The van der Waals surface area contributed by atoms with E-state index in [0.29, 0.717) is 17.6 Å². The zero-order valence-electron chi connectivity index (χ0n) is 21.6. The lowest BCUT2D eigenvalue weighted by Gasteiger charge is -2.34. The summed E-state index contributed by atoms with van der Waals surface area (Å²) in [5, 5.41) is 4.95. The Morgan fingerprint density at radius 2 is 1.77 bits per heavy atom. The Kier molecular flexibility index (Phi) is 7.01. The molecule has 3 aromatic rings. The molecule has 1 aliphatic carbocycles. The van der Waals surface area contributed by atoms with E-state index in [4.69, 9.17) is 0 Å².